The van der Waals surface area contributed by atoms with E-state index < -0.39 is 41.9 Å². The Morgan fingerprint density at radius 1 is 1.36 bits per heavy atom. The van der Waals surface area contributed by atoms with Crippen molar-refractivity contribution in [2.45, 2.75) is 37.5 Å². The lowest BCUT2D eigenvalue weighted by Crippen LogP contribution is -2.52. The van der Waals surface area contributed by atoms with E-state index in [9.17, 15) is 23.5 Å². The van der Waals surface area contributed by atoms with Crippen LogP contribution in [0.5, 0.6) is 0 Å². The SMILES string of the molecule is COC(=O)C[C@@H]1CC[C@@H](NC(=O)Nc2cc(F)ccc2F)[C@@H](CO)O1. The number of amides is 2. The second kappa shape index (κ2) is 8.72. The number of ether oxygens (including phenoxy) is 2. The van der Waals surface area contributed by atoms with E-state index in [1.807, 2.05) is 0 Å². The number of carbonyl (C=O) groups is 2. The van der Waals surface area contributed by atoms with E-state index in [-0.39, 0.29) is 18.7 Å². The maximum Gasteiger partial charge on any atom is 0.319 e. The van der Waals surface area contributed by atoms with Gasteiger partial charge in [0.1, 0.15) is 17.7 Å². The molecule has 138 valence electrons. The van der Waals surface area contributed by atoms with Gasteiger partial charge in [0.25, 0.3) is 0 Å². The van der Waals surface area contributed by atoms with Gasteiger partial charge in [0.05, 0.1) is 38.0 Å². The van der Waals surface area contributed by atoms with E-state index in [1.165, 1.54) is 7.11 Å². The summed E-state index contributed by atoms with van der Waals surface area (Å²) in [6.07, 6.45) is -0.144. The molecule has 0 aliphatic carbocycles. The molecular weight excluding hydrogens is 338 g/mol. The largest absolute Gasteiger partial charge is 0.469 e. The van der Waals surface area contributed by atoms with Crippen molar-refractivity contribution in [2.24, 2.45) is 0 Å². The molecule has 1 heterocycles. The third kappa shape index (κ3) is 5.36. The fourth-order valence-electron chi connectivity index (χ4n) is 2.64. The molecule has 0 unspecified atom stereocenters. The fraction of sp³-hybridized carbons (Fsp3) is 0.500. The Hall–Kier alpha value is -2.26. The van der Waals surface area contributed by atoms with Crippen LogP contribution in [0.2, 0.25) is 0 Å². The highest BCUT2D eigenvalue weighted by Crippen LogP contribution is 2.22. The first-order chi connectivity index (χ1) is 11.9. The molecule has 0 radical (unpaired) electrons. The Morgan fingerprint density at radius 3 is 2.80 bits per heavy atom. The summed E-state index contributed by atoms with van der Waals surface area (Å²) in [5.74, 6) is -1.88. The molecular formula is C16H20F2N2O5. The molecule has 1 aromatic carbocycles. The number of hydrogen-bond donors (Lipinski definition) is 3. The molecule has 25 heavy (non-hydrogen) atoms. The lowest BCUT2D eigenvalue weighted by Gasteiger charge is -2.35. The zero-order chi connectivity index (χ0) is 18.4. The molecule has 1 fully saturated rings. The van der Waals surface area contributed by atoms with Crippen molar-refractivity contribution in [3.05, 3.63) is 29.8 Å². The zero-order valence-corrected chi connectivity index (χ0v) is 13.6. The number of hydrogen-bond acceptors (Lipinski definition) is 5. The van der Waals surface area contributed by atoms with Gasteiger partial charge in [-0.3, -0.25) is 4.79 Å². The van der Waals surface area contributed by atoms with E-state index in [0.717, 1.165) is 18.2 Å². The zero-order valence-electron chi connectivity index (χ0n) is 13.6. The van der Waals surface area contributed by atoms with Gasteiger partial charge in [-0.25, -0.2) is 13.6 Å². The monoisotopic (exact) mass is 358 g/mol. The van der Waals surface area contributed by atoms with Crippen LogP contribution in [0.4, 0.5) is 19.3 Å². The Kier molecular flexibility index (Phi) is 6.65. The van der Waals surface area contributed by atoms with Crippen LogP contribution in [0.15, 0.2) is 18.2 Å². The number of anilines is 1. The van der Waals surface area contributed by atoms with E-state index >= 15 is 0 Å². The highest BCUT2D eigenvalue weighted by Gasteiger charge is 2.33. The molecule has 7 nitrogen and oxygen atoms in total. The first-order valence-corrected chi connectivity index (χ1v) is 7.78. The third-order valence-corrected chi connectivity index (χ3v) is 3.91. The van der Waals surface area contributed by atoms with E-state index in [0.29, 0.717) is 12.8 Å². The number of benzene rings is 1. The highest BCUT2D eigenvalue weighted by molar-refractivity contribution is 5.89. The van der Waals surface area contributed by atoms with Crippen LogP contribution in [0.25, 0.3) is 0 Å². The predicted octanol–water partition coefficient (Wildman–Crippen LogP) is 1.56. The standard InChI is InChI=1S/C16H20F2N2O5/c1-24-15(22)7-10-3-5-12(14(8-21)25-10)19-16(23)20-13-6-9(17)2-4-11(13)18/h2,4,6,10,12,14,21H,3,5,7-8H2,1H3,(H2,19,20,23)/t10-,12+,14+/m0/s1. The molecule has 9 heteroatoms. The normalized spacial score (nSPS) is 23.0. The number of carbonyl (C=O) groups excluding carboxylic acids is 2. The van der Waals surface area contributed by atoms with Gasteiger partial charge in [-0.1, -0.05) is 0 Å². The van der Waals surface area contributed by atoms with Gasteiger partial charge in [-0.2, -0.15) is 0 Å². The summed E-state index contributed by atoms with van der Waals surface area (Å²) in [7, 11) is 1.27. The predicted molar refractivity (Wildman–Crippen MR) is 83.9 cm³/mol. The molecule has 0 spiro atoms. The molecule has 2 amide bonds. The Balaban J connectivity index is 1.92. The number of aliphatic hydroxyl groups excluding tert-OH is 1. The third-order valence-electron chi connectivity index (χ3n) is 3.91. The second-order valence-electron chi connectivity index (χ2n) is 5.67. The number of rotatable bonds is 5. The number of urea groups is 1. The summed E-state index contributed by atoms with van der Waals surface area (Å²) in [4.78, 5) is 23.3. The van der Waals surface area contributed by atoms with Crippen molar-refractivity contribution >= 4 is 17.7 Å². The molecule has 0 saturated carbocycles. The van der Waals surface area contributed by atoms with Crippen LogP contribution in [0.1, 0.15) is 19.3 Å². The van der Waals surface area contributed by atoms with Crippen molar-refractivity contribution < 1.29 is 33.0 Å². The maximum atomic E-state index is 13.5. The van der Waals surface area contributed by atoms with Gasteiger partial charge in [0.15, 0.2) is 0 Å². The van der Waals surface area contributed by atoms with Gasteiger partial charge in [-0.05, 0) is 25.0 Å². The summed E-state index contributed by atoms with van der Waals surface area (Å²) in [5.41, 5.74) is -0.293. The average Bonchev–Trinajstić information content (AvgIpc) is 2.59. The van der Waals surface area contributed by atoms with Crippen LogP contribution < -0.4 is 10.6 Å². The van der Waals surface area contributed by atoms with Crippen LogP contribution >= 0.6 is 0 Å². The van der Waals surface area contributed by atoms with Crippen LogP contribution in [-0.4, -0.2) is 49.1 Å². The van der Waals surface area contributed by atoms with E-state index in [4.69, 9.17) is 4.74 Å². The fourth-order valence-corrected chi connectivity index (χ4v) is 2.64. The Morgan fingerprint density at radius 2 is 2.12 bits per heavy atom. The summed E-state index contributed by atoms with van der Waals surface area (Å²) < 4.78 is 36.8. The number of methoxy groups -OCH3 is 1. The molecule has 1 saturated heterocycles. The Bertz CT molecular complexity index is 629. The molecule has 1 aromatic rings. The first-order valence-electron chi connectivity index (χ1n) is 7.78. The summed E-state index contributed by atoms with van der Waals surface area (Å²) in [6, 6.07) is 1.43. The molecule has 1 aliphatic rings. The molecule has 1 aliphatic heterocycles. The summed E-state index contributed by atoms with van der Waals surface area (Å²) in [5, 5.41) is 14.2. The van der Waals surface area contributed by atoms with E-state index in [2.05, 4.69) is 15.4 Å². The molecule has 3 N–H and O–H groups in total. The van der Waals surface area contributed by atoms with Crippen molar-refractivity contribution in [1.29, 1.82) is 0 Å². The van der Waals surface area contributed by atoms with Gasteiger partial charge in [-0.15, -0.1) is 0 Å². The first kappa shape index (κ1) is 19.1. The minimum atomic E-state index is -0.770. The quantitative estimate of drug-likeness (QED) is 0.694. The second-order valence-corrected chi connectivity index (χ2v) is 5.67. The van der Waals surface area contributed by atoms with Crippen molar-refractivity contribution in [3.63, 3.8) is 0 Å². The number of esters is 1. The maximum absolute atomic E-state index is 13.5. The van der Waals surface area contributed by atoms with Gasteiger partial charge < -0.3 is 25.2 Å². The molecule has 2 rings (SSSR count). The number of aliphatic hydroxyl groups is 1. The summed E-state index contributed by atoms with van der Waals surface area (Å²) >= 11 is 0. The lowest BCUT2D eigenvalue weighted by molar-refractivity contribution is -0.149. The van der Waals surface area contributed by atoms with Crippen molar-refractivity contribution in [1.82, 2.24) is 5.32 Å². The number of nitrogens with one attached hydrogen (secondary N) is 2. The van der Waals surface area contributed by atoms with Crippen LogP contribution in [0.3, 0.4) is 0 Å². The average molecular weight is 358 g/mol. The van der Waals surface area contributed by atoms with Gasteiger partial charge in [0.2, 0.25) is 0 Å². The number of halogens is 2. The van der Waals surface area contributed by atoms with Crippen molar-refractivity contribution in [2.75, 3.05) is 19.0 Å². The summed E-state index contributed by atoms with van der Waals surface area (Å²) in [6.45, 7) is -0.364. The topological polar surface area (TPSA) is 96.9 Å². The Labute approximate surface area is 143 Å². The molecule has 0 aromatic heterocycles. The highest BCUT2D eigenvalue weighted by atomic mass is 19.1. The molecule has 3 atom stereocenters. The van der Waals surface area contributed by atoms with E-state index in [1.54, 1.807) is 0 Å². The minimum absolute atomic E-state index is 0.0560. The van der Waals surface area contributed by atoms with Crippen LogP contribution in [0, 0.1) is 11.6 Å². The van der Waals surface area contributed by atoms with Crippen molar-refractivity contribution in [3.8, 4) is 0 Å². The van der Waals surface area contributed by atoms with Gasteiger partial charge >= 0.3 is 12.0 Å². The minimum Gasteiger partial charge on any atom is -0.469 e. The molecule has 0 bridgehead atoms. The van der Waals surface area contributed by atoms with Crippen LogP contribution in [-0.2, 0) is 14.3 Å². The van der Waals surface area contributed by atoms with Gasteiger partial charge in [0, 0.05) is 6.07 Å². The smallest absolute Gasteiger partial charge is 0.319 e. The lowest BCUT2D eigenvalue weighted by atomic mass is 9.97.